The number of rotatable bonds is 4. The Morgan fingerprint density at radius 1 is 1.47 bits per heavy atom. The summed E-state index contributed by atoms with van der Waals surface area (Å²) in [6.07, 6.45) is 1.59. The highest BCUT2D eigenvalue weighted by Gasteiger charge is 2.15. The van der Waals surface area contributed by atoms with Crippen LogP contribution in [0.3, 0.4) is 0 Å². The van der Waals surface area contributed by atoms with E-state index in [9.17, 15) is 4.79 Å². The lowest BCUT2D eigenvalue weighted by molar-refractivity contribution is 0.0901. The van der Waals surface area contributed by atoms with Gasteiger partial charge >= 0.3 is 11.8 Å². The van der Waals surface area contributed by atoms with Gasteiger partial charge in [0.2, 0.25) is 5.82 Å². The van der Waals surface area contributed by atoms with Gasteiger partial charge in [0.25, 0.3) is 0 Å². The molecule has 0 saturated carbocycles. The molecule has 0 bridgehead atoms. The standard InChI is InChI=1S/C10H10N4O3/c15-6-5-12-9(16)10-13-8(14-17-10)7-3-1-2-4-11-7/h1-4,15H,5-6H2,(H,12,16). The molecular formula is C10H10N4O3. The van der Waals surface area contributed by atoms with Gasteiger partial charge in [-0.3, -0.25) is 9.78 Å². The summed E-state index contributed by atoms with van der Waals surface area (Å²) >= 11 is 0. The van der Waals surface area contributed by atoms with Crippen LogP contribution in [0.5, 0.6) is 0 Å². The Morgan fingerprint density at radius 2 is 2.35 bits per heavy atom. The van der Waals surface area contributed by atoms with E-state index in [1.165, 1.54) is 0 Å². The van der Waals surface area contributed by atoms with E-state index in [2.05, 4.69) is 20.4 Å². The third-order valence-electron chi connectivity index (χ3n) is 1.91. The first kappa shape index (κ1) is 11.2. The number of nitrogens with one attached hydrogen (secondary N) is 1. The molecule has 0 aliphatic rings. The topological polar surface area (TPSA) is 101 Å². The SMILES string of the molecule is O=C(NCCO)c1nc(-c2ccccn2)no1. The number of aliphatic hydroxyl groups excluding tert-OH is 1. The predicted molar refractivity (Wildman–Crippen MR) is 56.9 cm³/mol. The zero-order valence-corrected chi connectivity index (χ0v) is 8.83. The fourth-order valence-electron chi connectivity index (χ4n) is 1.16. The minimum Gasteiger partial charge on any atom is -0.395 e. The smallest absolute Gasteiger partial charge is 0.316 e. The fraction of sp³-hybridized carbons (Fsp3) is 0.200. The van der Waals surface area contributed by atoms with Crippen LogP contribution in [0.2, 0.25) is 0 Å². The van der Waals surface area contributed by atoms with E-state index in [-0.39, 0.29) is 24.9 Å². The summed E-state index contributed by atoms with van der Waals surface area (Å²) in [4.78, 5) is 19.3. The van der Waals surface area contributed by atoms with Crippen molar-refractivity contribution in [2.24, 2.45) is 0 Å². The van der Waals surface area contributed by atoms with E-state index < -0.39 is 5.91 Å². The van der Waals surface area contributed by atoms with Crippen LogP contribution in [-0.4, -0.2) is 39.3 Å². The molecule has 7 nitrogen and oxygen atoms in total. The molecule has 2 aromatic rings. The molecule has 88 valence electrons. The number of aliphatic hydroxyl groups is 1. The van der Waals surface area contributed by atoms with Gasteiger partial charge in [-0.25, -0.2) is 0 Å². The Balaban J connectivity index is 2.14. The van der Waals surface area contributed by atoms with Gasteiger partial charge in [0.15, 0.2) is 0 Å². The van der Waals surface area contributed by atoms with Crippen molar-refractivity contribution in [1.29, 1.82) is 0 Å². The third-order valence-corrected chi connectivity index (χ3v) is 1.91. The maximum atomic E-state index is 11.4. The first-order chi connectivity index (χ1) is 8.31. The molecule has 2 heterocycles. The second-order valence-electron chi connectivity index (χ2n) is 3.12. The number of amides is 1. The number of aromatic nitrogens is 3. The van der Waals surface area contributed by atoms with Gasteiger partial charge in [-0.1, -0.05) is 11.2 Å². The summed E-state index contributed by atoms with van der Waals surface area (Å²) < 4.78 is 4.78. The van der Waals surface area contributed by atoms with Crippen molar-refractivity contribution in [3.8, 4) is 11.5 Å². The molecule has 2 rings (SSSR count). The summed E-state index contributed by atoms with van der Waals surface area (Å²) in [5.74, 6) is -0.424. The molecular weight excluding hydrogens is 224 g/mol. The minimum absolute atomic E-state index is 0.139. The molecule has 0 saturated heterocycles. The Morgan fingerprint density at radius 3 is 3.06 bits per heavy atom. The van der Waals surface area contributed by atoms with Crippen LogP contribution in [0.15, 0.2) is 28.9 Å². The number of carbonyl (C=O) groups excluding carboxylic acids is 1. The fourth-order valence-corrected chi connectivity index (χ4v) is 1.16. The average Bonchev–Trinajstić information content (AvgIpc) is 2.86. The average molecular weight is 234 g/mol. The Hall–Kier alpha value is -2.28. The summed E-state index contributed by atoms with van der Waals surface area (Å²) in [6.45, 7) is -0.00684. The molecule has 0 spiro atoms. The van der Waals surface area contributed by atoms with Crippen molar-refractivity contribution in [3.63, 3.8) is 0 Å². The van der Waals surface area contributed by atoms with E-state index >= 15 is 0 Å². The van der Waals surface area contributed by atoms with Gasteiger partial charge < -0.3 is 14.9 Å². The van der Waals surface area contributed by atoms with E-state index in [1.54, 1.807) is 24.4 Å². The van der Waals surface area contributed by atoms with Gasteiger partial charge in [0.1, 0.15) is 5.69 Å². The zero-order chi connectivity index (χ0) is 12.1. The lowest BCUT2D eigenvalue weighted by atomic mass is 10.3. The molecule has 2 aromatic heterocycles. The normalized spacial score (nSPS) is 10.2. The van der Waals surface area contributed by atoms with Gasteiger partial charge in [0.05, 0.1) is 6.61 Å². The van der Waals surface area contributed by atoms with Gasteiger partial charge in [-0.2, -0.15) is 4.98 Å². The first-order valence-electron chi connectivity index (χ1n) is 4.95. The summed E-state index contributed by atoms with van der Waals surface area (Å²) in [5, 5.41) is 14.6. The van der Waals surface area contributed by atoms with Crippen LogP contribution in [-0.2, 0) is 0 Å². The number of hydrogen-bond donors (Lipinski definition) is 2. The van der Waals surface area contributed by atoms with Crippen molar-refractivity contribution in [3.05, 3.63) is 30.3 Å². The number of nitrogens with zero attached hydrogens (tertiary/aromatic N) is 3. The van der Waals surface area contributed by atoms with E-state index in [1.807, 2.05) is 0 Å². The highest BCUT2D eigenvalue weighted by molar-refractivity contribution is 5.89. The monoisotopic (exact) mass is 234 g/mol. The highest BCUT2D eigenvalue weighted by atomic mass is 16.5. The Labute approximate surface area is 96.5 Å². The quantitative estimate of drug-likeness (QED) is 0.763. The van der Waals surface area contributed by atoms with Crippen LogP contribution in [0.1, 0.15) is 10.7 Å². The highest BCUT2D eigenvalue weighted by Crippen LogP contribution is 2.11. The molecule has 7 heteroatoms. The van der Waals surface area contributed by atoms with E-state index in [0.29, 0.717) is 5.69 Å². The van der Waals surface area contributed by atoms with Crippen molar-refractivity contribution < 1.29 is 14.4 Å². The lowest BCUT2D eigenvalue weighted by Crippen LogP contribution is -2.26. The third kappa shape index (κ3) is 2.64. The van der Waals surface area contributed by atoms with E-state index in [4.69, 9.17) is 9.63 Å². The van der Waals surface area contributed by atoms with Crippen LogP contribution in [0.25, 0.3) is 11.5 Å². The zero-order valence-electron chi connectivity index (χ0n) is 8.83. The maximum Gasteiger partial charge on any atom is 0.316 e. The van der Waals surface area contributed by atoms with Crippen molar-refractivity contribution in [2.75, 3.05) is 13.2 Å². The van der Waals surface area contributed by atoms with Gasteiger partial charge in [-0.15, -0.1) is 0 Å². The maximum absolute atomic E-state index is 11.4. The van der Waals surface area contributed by atoms with Gasteiger partial charge in [0, 0.05) is 12.7 Å². The van der Waals surface area contributed by atoms with Crippen LogP contribution in [0, 0.1) is 0 Å². The molecule has 0 aliphatic carbocycles. The predicted octanol–water partition coefficient (Wildman–Crippen LogP) is -0.146. The van der Waals surface area contributed by atoms with Crippen molar-refractivity contribution >= 4 is 5.91 Å². The number of pyridine rings is 1. The minimum atomic E-state index is -0.520. The molecule has 17 heavy (non-hydrogen) atoms. The largest absolute Gasteiger partial charge is 0.395 e. The second kappa shape index (κ2) is 5.17. The second-order valence-corrected chi connectivity index (χ2v) is 3.12. The van der Waals surface area contributed by atoms with Crippen LogP contribution in [0.4, 0.5) is 0 Å². The molecule has 0 unspecified atom stereocenters. The summed E-state index contributed by atoms with van der Waals surface area (Å²) in [7, 11) is 0. The number of carbonyl (C=O) groups is 1. The molecule has 0 fully saturated rings. The molecule has 1 amide bonds. The van der Waals surface area contributed by atoms with E-state index in [0.717, 1.165) is 0 Å². The Bertz CT molecular complexity index is 497. The van der Waals surface area contributed by atoms with Gasteiger partial charge in [-0.05, 0) is 12.1 Å². The van der Waals surface area contributed by atoms with Crippen molar-refractivity contribution in [2.45, 2.75) is 0 Å². The van der Waals surface area contributed by atoms with Crippen LogP contribution >= 0.6 is 0 Å². The lowest BCUT2D eigenvalue weighted by Gasteiger charge is -1.96. The summed E-state index contributed by atoms with van der Waals surface area (Å²) in [6, 6.07) is 5.25. The Kier molecular flexibility index (Phi) is 3.41. The molecule has 0 atom stereocenters. The van der Waals surface area contributed by atoms with Crippen LogP contribution < -0.4 is 5.32 Å². The molecule has 2 N–H and O–H groups in total. The number of hydrogen-bond acceptors (Lipinski definition) is 6. The molecule has 0 aliphatic heterocycles. The van der Waals surface area contributed by atoms with Crippen molar-refractivity contribution in [1.82, 2.24) is 20.4 Å². The molecule has 0 aromatic carbocycles. The first-order valence-corrected chi connectivity index (χ1v) is 4.95. The summed E-state index contributed by atoms with van der Waals surface area (Å²) in [5.41, 5.74) is 0.525. The molecule has 0 radical (unpaired) electrons.